The van der Waals surface area contributed by atoms with E-state index in [4.69, 9.17) is 13.9 Å². The molecular weight excluding hydrogens is 386 g/mol. The van der Waals surface area contributed by atoms with E-state index in [-0.39, 0.29) is 5.97 Å². The van der Waals surface area contributed by atoms with Crippen molar-refractivity contribution in [2.75, 3.05) is 13.2 Å². The van der Waals surface area contributed by atoms with Gasteiger partial charge >= 0.3 is 5.97 Å². The van der Waals surface area contributed by atoms with Crippen molar-refractivity contribution in [3.63, 3.8) is 0 Å². The van der Waals surface area contributed by atoms with Crippen LogP contribution in [0.3, 0.4) is 0 Å². The van der Waals surface area contributed by atoms with Gasteiger partial charge in [-0.25, -0.2) is 0 Å². The van der Waals surface area contributed by atoms with E-state index >= 15 is 0 Å². The highest BCUT2D eigenvalue weighted by molar-refractivity contribution is 7.08. The predicted molar refractivity (Wildman–Crippen MR) is 115 cm³/mol. The van der Waals surface area contributed by atoms with Gasteiger partial charge < -0.3 is 13.9 Å². The van der Waals surface area contributed by atoms with Gasteiger partial charge in [-0.2, -0.15) is 11.3 Å². The van der Waals surface area contributed by atoms with E-state index in [9.17, 15) is 4.79 Å². The molecule has 2 aromatic rings. The topological polar surface area (TPSA) is 60.7 Å². The third-order valence-electron chi connectivity index (χ3n) is 3.46. The molecule has 0 fully saturated rings. The van der Waals surface area contributed by atoms with Crippen LogP contribution in [-0.4, -0.2) is 24.7 Å². The summed E-state index contributed by atoms with van der Waals surface area (Å²) in [7, 11) is 0. The van der Waals surface area contributed by atoms with Gasteiger partial charge in [-0.1, -0.05) is 18.1 Å². The standard InChI is InChI=1S/C23H25NO4S/c1-19(25)28-23(2,3)12-5-4-6-13-24-16-21-9-10-22(27-21)17-26-14-7-8-20-11-15-29-18-20/h7-11,15,18,24H,13-14,16-17H2,1-3H3. The van der Waals surface area contributed by atoms with Gasteiger partial charge in [-0.3, -0.25) is 10.1 Å². The minimum absolute atomic E-state index is 0.364. The van der Waals surface area contributed by atoms with Crippen LogP contribution in [0.2, 0.25) is 0 Å². The molecule has 0 atom stereocenters. The molecule has 0 aliphatic rings. The summed E-state index contributed by atoms with van der Waals surface area (Å²) in [5, 5.41) is 7.30. The molecule has 0 radical (unpaired) electrons. The lowest BCUT2D eigenvalue weighted by atomic mass is 10.1. The lowest BCUT2D eigenvalue weighted by Gasteiger charge is -2.16. The molecule has 0 aliphatic carbocycles. The Labute approximate surface area is 176 Å². The van der Waals surface area contributed by atoms with Crippen molar-refractivity contribution in [2.45, 2.75) is 39.5 Å². The fourth-order valence-electron chi connectivity index (χ4n) is 2.28. The van der Waals surface area contributed by atoms with Gasteiger partial charge in [0.05, 0.1) is 19.7 Å². The van der Waals surface area contributed by atoms with Crippen LogP contribution in [0.25, 0.3) is 6.08 Å². The van der Waals surface area contributed by atoms with Crippen molar-refractivity contribution in [2.24, 2.45) is 0 Å². The summed E-state index contributed by atoms with van der Waals surface area (Å²) in [4.78, 5) is 10.9. The number of carbonyl (C=O) groups is 1. The van der Waals surface area contributed by atoms with Crippen molar-refractivity contribution >= 4 is 23.4 Å². The highest BCUT2D eigenvalue weighted by atomic mass is 32.1. The number of furan rings is 1. The maximum Gasteiger partial charge on any atom is 0.304 e. The van der Waals surface area contributed by atoms with E-state index in [2.05, 4.69) is 40.4 Å². The third kappa shape index (κ3) is 9.82. The predicted octanol–water partition coefficient (Wildman–Crippen LogP) is 4.01. The number of esters is 1. The third-order valence-corrected chi connectivity index (χ3v) is 4.16. The van der Waals surface area contributed by atoms with E-state index in [0.29, 0.717) is 26.3 Å². The number of thiophene rings is 1. The Morgan fingerprint density at radius 2 is 2.10 bits per heavy atom. The van der Waals surface area contributed by atoms with Gasteiger partial charge in [-0.05, 0) is 66.1 Å². The van der Waals surface area contributed by atoms with Crippen LogP contribution >= 0.6 is 11.3 Å². The van der Waals surface area contributed by atoms with Crippen LogP contribution in [-0.2, 0) is 27.4 Å². The largest absolute Gasteiger partial charge is 0.462 e. The summed E-state index contributed by atoms with van der Waals surface area (Å²) in [5.41, 5.74) is 0.354. The summed E-state index contributed by atoms with van der Waals surface area (Å²) in [6.07, 6.45) is 4.03. The number of hydrogen-bond acceptors (Lipinski definition) is 6. The minimum Gasteiger partial charge on any atom is -0.462 e. The SMILES string of the molecule is CC(=O)OC(C)(C)C#CC#CCNCc1ccc(COCC=Cc2ccsc2)o1. The fourth-order valence-corrected chi connectivity index (χ4v) is 2.91. The van der Waals surface area contributed by atoms with Gasteiger partial charge in [0, 0.05) is 6.92 Å². The number of rotatable bonds is 9. The maximum atomic E-state index is 10.9. The Bertz CT molecular complexity index is 917. The van der Waals surface area contributed by atoms with E-state index in [1.54, 1.807) is 25.2 Å². The van der Waals surface area contributed by atoms with Crippen molar-refractivity contribution < 1.29 is 18.7 Å². The first-order valence-electron chi connectivity index (χ1n) is 9.19. The van der Waals surface area contributed by atoms with Crippen molar-refractivity contribution in [1.82, 2.24) is 5.32 Å². The molecule has 152 valence electrons. The van der Waals surface area contributed by atoms with Gasteiger partial charge in [0.1, 0.15) is 18.1 Å². The molecule has 1 N–H and O–H groups in total. The zero-order valence-corrected chi connectivity index (χ0v) is 17.7. The first kappa shape index (κ1) is 22.5. The second-order valence-electron chi connectivity index (χ2n) is 6.60. The van der Waals surface area contributed by atoms with Crippen molar-refractivity contribution in [1.29, 1.82) is 0 Å². The van der Waals surface area contributed by atoms with Gasteiger partial charge in [0.25, 0.3) is 0 Å². The molecule has 0 aliphatic heterocycles. The molecule has 6 heteroatoms. The molecule has 2 rings (SSSR count). The van der Waals surface area contributed by atoms with E-state index < -0.39 is 5.60 Å². The number of hydrogen-bond donors (Lipinski definition) is 1. The monoisotopic (exact) mass is 411 g/mol. The van der Waals surface area contributed by atoms with Gasteiger partial charge in [0.15, 0.2) is 5.60 Å². The van der Waals surface area contributed by atoms with E-state index in [1.165, 1.54) is 12.5 Å². The Kier molecular flexibility index (Phi) is 9.27. The van der Waals surface area contributed by atoms with Crippen LogP contribution < -0.4 is 5.32 Å². The Hall–Kier alpha value is -2.77. The zero-order valence-electron chi connectivity index (χ0n) is 16.9. The molecule has 5 nitrogen and oxygen atoms in total. The van der Waals surface area contributed by atoms with Gasteiger partial charge in [-0.15, -0.1) is 0 Å². The Balaban J connectivity index is 1.63. The molecular formula is C23H25NO4S. The van der Waals surface area contributed by atoms with Gasteiger partial charge in [0.2, 0.25) is 0 Å². The Morgan fingerprint density at radius 3 is 2.86 bits per heavy atom. The molecule has 2 heterocycles. The van der Waals surface area contributed by atoms with Crippen LogP contribution in [0.5, 0.6) is 0 Å². The summed E-state index contributed by atoms with van der Waals surface area (Å²) in [5.74, 6) is 12.4. The minimum atomic E-state index is -0.833. The maximum absolute atomic E-state index is 10.9. The molecule has 0 unspecified atom stereocenters. The highest BCUT2D eigenvalue weighted by Gasteiger charge is 2.16. The lowest BCUT2D eigenvalue weighted by molar-refractivity contribution is -0.148. The molecule has 0 bridgehead atoms. The molecule has 0 saturated heterocycles. The normalized spacial score (nSPS) is 10.9. The Morgan fingerprint density at radius 1 is 1.28 bits per heavy atom. The molecule has 0 spiro atoms. The second-order valence-corrected chi connectivity index (χ2v) is 7.38. The zero-order chi connectivity index (χ0) is 21.0. The van der Waals surface area contributed by atoms with E-state index in [0.717, 1.165) is 11.5 Å². The molecule has 0 aromatic carbocycles. The highest BCUT2D eigenvalue weighted by Crippen LogP contribution is 2.10. The lowest BCUT2D eigenvalue weighted by Crippen LogP contribution is -2.24. The van der Waals surface area contributed by atoms with Crippen molar-refractivity contribution in [3.05, 3.63) is 52.1 Å². The quantitative estimate of drug-likeness (QED) is 0.384. The molecule has 29 heavy (non-hydrogen) atoms. The smallest absolute Gasteiger partial charge is 0.304 e. The van der Waals surface area contributed by atoms with Crippen molar-refractivity contribution in [3.8, 4) is 23.7 Å². The molecule has 0 saturated carbocycles. The summed E-state index contributed by atoms with van der Waals surface area (Å²) >= 11 is 1.67. The van der Waals surface area contributed by atoms with E-state index in [1.807, 2.05) is 29.7 Å². The first-order valence-corrected chi connectivity index (χ1v) is 10.1. The number of carbonyl (C=O) groups excluding carboxylic acids is 1. The van der Waals surface area contributed by atoms with Crippen LogP contribution in [0, 0.1) is 23.7 Å². The summed E-state index contributed by atoms with van der Waals surface area (Å²) in [6.45, 7) is 6.81. The van der Waals surface area contributed by atoms with Crippen LogP contribution in [0.15, 0.2) is 39.5 Å². The second kappa shape index (κ2) is 11.9. The first-order chi connectivity index (χ1) is 13.9. The number of nitrogens with one attached hydrogen (secondary N) is 1. The number of ether oxygens (including phenoxy) is 2. The summed E-state index contributed by atoms with van der Waals surface area (Å²) < 4.78 is 16.4. The fraction of sp³-hybridized carbons (Fsp3) is 0.348. The molecule has 2 aromatic heterocycles. The van der Waals surface area contributed by atoms with Crippen LogP contribution in [0.4, 0.5) is 0 Å². The summed E-state index contributed by atoms with van der Waals surface area (Å²) in [6, 6.07) is 5.89. The van der Waals surface area contributed by atoms with Crippen LogP contribution in [0.1, 0.15) is 37.9 Å². The molecule has 0 amide bonds. The average molecular weight is 412 g/mol. The average Bonchev–Trinajstić information content (AvgIpc) is 3.31.